The first-order chi connectivity index (χ1) is 26.6. The number of phenols is 1. The molecule has 1 aromatic carbocycles. The van der Waals surface area contributed by atoms with Crippen LogP contribution in [0.1, 0.15) is 87.4 Å². The minimum absolute atomic E-state index is 0.00557. The fourth-order valence-electron chi connectivity index (χ4n) is 13.6. The number of aromatic hydroxyl groups is 1. The van der Waals surface area contributed by atoms with E-state index in [1.807, 2.05) is 32.9 Å². The molecule has 12 heteroatoms. The Balaban J connectivity index is 0.000000165. The third-order valence-corrected chi connectivity index (χ3v) is 17.2. The van der Waals surface area contributed by atoms with Gasteiger partial charge in [0.1, 0.15) is 0 Å². The summed E-state index contributed by atoms with van der Waals surface area (Å²) in [6, 6.07) is 7.33. The van der Waals surface area contributed by atoms with Crippen LogP contribution >= 0.6 is 23.2 Å². The number of alkyl halides is 2. The number of hydrogen-bond acceptors (Lipinski definition) is 10. The molecule has 2 aromatic rings. The van der Waals surface area contributed by atoms with Gasteiger partial charge >= 0.3 is 5.97 Å². The number of allylic oxidation sites excluding steroid dienone is 4. The molecule has 2 aliphatic heterocycles. The Morgan fingerprint density at radius 1 is 1.09 bits per heavy atom. The molecule has 12 atom stereocenters. The Morgan fingerprint density at radius 2 is 1.86 bits per heavy atom. The number of rotatable bonds is 4. The molecule has 298 valence electrons. The largest absolute Gasteiger partial charge is 0.504 e. The molecular weight excluding hydrogens is 757 g/mol. The first-order valence-electron chi connectivity index (χ1n) is 20.0. The van der Waals surface area contributed by atoms with E-state index in [0.29, 0.717) is 43.4 Å². The number of carbonyl (C=O) groups is 4. The molecule has 1 aromatic heterocycles. The number of ether oxygens (including phenoxy) is 2. The van der Waals surface area contributed by atoms with Gasteiger partial charge in [-0.15, -0.1) is 23.2 Å². The molecular formula is C44H49Cl2NO9. The molecule has 5 fully saturated rings. The molecule has 1 saturated heterocycles. The van der Waals surface area contributed by atoms with E-state index in [2.05, 4.69) is 11.9 Å². The molecule has 1 spiro atoms. The third-order valence-electron chi connectivity index (χ3n) is 16.1. The van der Waals surface area contributed by atoms with Crippen LogP contribution in [0.2, 0.25) is 0 Å². The lowest BCUT2D eigenvalue weighted by atomic mass is 9.45. The van der Waals surface area contributed by atoms with E-state index in [-0.39, 0.29) is 70.4 Å². The number of halogens is 2. The first-order valence-corrected chi connectivity index (χ1v) is 20.9. The van der Waals surface area contributed by atoms with Crippen molar-refractivity contribution >= 4 is 46.5 Å². The van der Waals surface area contributed by atoms with Gasteiger partial charge in [0.25, 0.3) is 0 Å². The average molecular weight is 807 g/mol. The summed E-state index contributed by atoms with van der Waals surface area (Å²) in [6.45, 7) is 6.82. The Labute approximate surface area is 336 Å². The number of piperidine rings is 1. The van der Waals surface area contributed by atoms with E-state index in [0.717, 1.165) is 36.9 Å². The number of fused-ring (bicyclic) bond motifs is 5. The summed E-state index contributed by atoms with van der Waals surface area (Å²) in [6.07, 6.45) is 10.6. The number of phenolic OH excluding ortho intramolecular Hbond substituents is 1. The highest BCUT2D eigenvalue weighted by Gasteiger charge is 2.76. The Bertz CT molecular complexity index is 2100. The standard InChI is InChI=1S/C27H30Cl2O6.C17H19NO3/c1-15-11-19-18-7-6-16-12-17(30)8-9-24(16,2)26(18,29)21(31)13-25(19,3)27(15,22(32)14-28)35-23(33)20-5-4-10-34-20;1-18-7-6-17-10-3-5-13(20)16(17)21-15-12(19)4-2-9(14(15)17)8-11(10)18/h4-5,8-10,12,15,18-19,21,31H,6-7,11,13-14H2,1-3H3;2,4,10-11,16,19H,3,5-8H2,1H3/t15-,18+,19+,21+,24+,25+,26+,27+;10-,11+,16-,17-/m10/s1. The molecule has 0 amide bonds. The number of aliphatic hydroxyl groups excluding tert-OH is 1. The Morgan fingerprint density at radius 3 is 2.59 bits per heavy atom. The van der Waals surface area contributed by atoms with Crippen LogP contribution in [-0.4, -0.2) is 86.6 Å². The van der Waals surface area contributed by atoms with Crippen LogP contribution in [0.15, 0.2) is 58.7 Å². The topological polar surface area (TPSA) is 144 Å². The molecule has 8 aliphatic rings. The number of ketones is 3. The minimum atomic E-state index is -1.53. The van der Waals surface area contributed by atoms with E-state index >= 15 is 0 Å². The van der Waals surface area contributed by atoms with Crippen molar-refractivity contribution in [3.63, 3.8) is 0 Å². The maximum Gasteiger partial charge on any atom is 0.375 e. The van der Waals surface area contributed by atoms with E-state index < -0.39 is 33.4 Å². The molecule has 2 bridgehead atoms. The number of nitrogens with zero attached hydrogens (tertiary/aromatic N) is 1. The van der Waals surface area contributed by atoms with Crippen LogP contribution in [0.25, 0.3) is 0 Å². The molecule has 56 heavy (non-hydrogen) atoms. The van der Waals surface area contributed by atoms with Crippen LogP contribution < -0.4 is 4.74 Å². The van der Waals surface area contributed by atoms with E-state index in [9.17, 15) is 29.4 Å². The monoisotopic (exact) mass is 805 g/mol. The third kappa shape index (κ3) is 4.70. The number of aliphatic hydroxyl groups is 1. The summed E-state index contributed by atoms with van der Waals surface area (Å²) in [4.78, 5) is 52.7. The highest BCUT2D eigenvalue weighted by atomic mass is 35.5. The van der Waals surface area contributed by atoms with E-state index in [1.165, 1.54) is 24.0 Å². The number of likely N-dealkylation sites (N-methyl/N-ethyl adjacent to an activating group) is 1. The first kappa shape index (κ1) is 38.1. The predicted octanol–water partition coefficient (Wildman–Crippen LogP) is 6.50. The van der Waals surface area contributed by atoms with E-state index in [4.69, 9.17) is 37.1 Å². The highest BCUT2D eigenvalue weighted by Crippen LogP contribution is 2.72. The second-order valence-corrected chi connectivity index (χ2v) is 19.1. The zero-order chi connectivity index (χ0) is 39.7. The Hall–Kier alpha value is -3.44. The van der Waals surface area contributed by atoms with Crippen molar-refractivity contribution in [3.05, 3.63) is 71.2 Å². The predicted molar refractivity (Wildman–Crippen MR) is 207 cm³/mol. The average Bonchev–Trinajstić information content (AvgIpc) is 3.89. The quantitative estimate of drug-likeness (QED) is 0.260. The second kappa shape index (κ2) is 12.8. The van der Waals surface area contributed by atoms with Gasteiger partial charge in [0.15, 0.2) is 40.6 Å². The van der Waals surface area contributed by atoms with Crippen molar-refractivity contribution in [3.8, 4) is 11.5 Å². The van der Waals surface area contributed by atoms with Crippen LogP contribution in [0.4, 0.5) is 0 Å². The highest BCUT2D eigenvalue weighted by molar-refractivity contribution is 6.29. The number of hydrogen-bond donors (Lipinski definition) is 2. The van der Waals surface area contributed by atoms with Crippen LogP contribution in [-0.2, 0) is 31.0 Å². The Kier molecular flexibility index (Phi) is 8.69. The molecule has 3 heterocycles. The van der Waals surface area contributed by atoms with Crippen LogP contribution in [0.5, 0.6) is 11.5 Å². The van der Waals surface area contributed by atoms with Crippen molar-refractivity contribution in [2.75, 3.05) is 19.5 Å². The lowest BCUT2D eigenvalue weighted by Crippen LogP contribution is -2.69. The lowest BCUT2D eigenvalue weighted by Gasteiger charge is -2.64. The second-order valence-electron chi connectivity index (χ2n) is 18.2. The van der Waals surface area contributed by atoms with Crippen molar-refractivity contribution in [1.29, 1.82) is 0 Å². The van der Waals surface area contributed by atoms with Crippen molar-refractivity contribution in [2.45, 2.75) is 106 Å². The van der Waals surface area contributed by atoms with Gasteiger partial charge in [0.05, 0.1) is 23.1 Å². The molecule has 10 nitrogen and oxygen atoms in total. The van der Waals surface area contributed by atoms with Gasteiger partial charge in [0.2, 0.25) is 5.76 Å². The number of carbonyl (C=O) groups excluding carboxylic acids is 4. The molecule has 6 aliphatic carbocycles. The zero-order valence-electron chi connectivity index (χ0n) is 32.2. The number of furan rings is 1. The summed E-state index contributed by atoms with van der Waals surface area (Å²) in [5, 5.41) is 22.0. The van der Waals surface area contributed by atoms with Gasteiger partial charge in [0, 0.05) is 40.2 Å². The minimum Gasteiger partial charge on any atom is -0.504 e. The number of likely N-dealkylation sites (tertiary alicyclic amines) is 1. The van der Waals surface area contributed by atoms with Crippen molar-refractivity contribution in [1.82, 2.24) is 4.90 Å². The van der Waals surface area contributed by atoms with Crippen LogP contribution in [0, 0.1) is 34.5 Å². The van der Waals surface area contributed by atoms with E-state index in [1.54, 1.807) is 18.2 Å². The zero-order valence-corrected chi connectivity index (χ0v) is 33.7. The number of benzene rings is 1. The number of esters is 1. The summed E-state index contributed by atoms with van der Waals surface area (Å²) in [5.41, 5.74) is 0.0584. The van der Waals surface area contributed by atoms with Gasteiger partial charge in [-0.25, -0.2) is 4.79 Å². The maximum atomic E-state index is 13.6. The fourth-order valence-corrected chi connectivity index (χ4v) is 14.3. The maximum absolute atomic E-state index is 13.6. The van der Waals surface area contributed by atoms with Gasteiger partial charge in [-0.3, -0.25) is 14.4 Å². The smallest absolute Gasteiger partial charge is 0.375 e. The van der Waals surface area contributed by atoms with Gasteiger partial charge in [-0.1, -0.05) is 38.5 Å². The van der Waals surface area contributed by atoms with Crippen molar-refractivity contribution in [2.24, 2.45) is 34.5 Å². The molecule has 0 unspecified atom stereocenters. The molecule has 4 saturated carbocycles. The van der Waals surface area contributed by atoms with Crippen molar-refractivity contribution < 1.29 is 43.3 Å². The summed E-state index contributed by atoms with van der Waals surface area (Å²) in [7, 11) is 2.20. The molecule has 2 N–H and O–H groups in total. The summed E-state index contributed by atoms with van der Waals surface area (Å²) >= 11 is 13.6. The lowest BCUT2D eigenvalue weighted by molar-refractivity contribution is -0.177. The molecule has 0 radical (unpaired) electrons. The SMILES string of the molecule is CN1CC[C@]23c4c5ccc(O)c4O[C@H]2C(=O)CC[C@H]3[C@H]1C5.C[C@@H]1C[C@H]2[C@@H]3CCC4=CC(=O)C=C[C@]4(C)[C@@]3(Cl)[C@@H](O)C[C@]2(C)[C@@]1(OC(=O)c1ccco1)C(=O)CCl. The van der Waals surface area contributed by atoms with Gasteiger partial charge in [-0.2, -0.15) is 0 Å². The van der Waals surface area contributed by atoms with Gasteiger partial charge < -0.3 is 29.0 Å². The normalized spacial score (nSPS) is 42.6. The molecule has 10 rings (SSSR count). The summed E-state index contributed by atoms with van der Waals surface area (Å²) < 4.78 is 17.4. The summed E-state index contributed by atoms with van der Waals surface area (Å²) in [5.74, 6) is -0.627. The fraction of sp³-hybridized carbons (Fsp3) is 0.591. The van der Waals surface area contributed by atoms with Gasteiger partial charge in [-0.05, 0) is 112 Å². The van der Waals surface area contributed by atoms with Crippen LogP contribution in [0.3, 0.4) is 0 Å². The number of Topliss-reactive ketones (excluding diaryl/α,β-unsaturated/α-hetero) is 2.